The first-order valence-corrected chi connectivity index (χ1v) is 12.6. The fourth-order valence-electron chi connectivity index (χ4n) is 3.77. The molecule has 0 saturated heterocycles. The smallest absolute Gasteiger partial charge is 0.243 e. The molecule has 0 bridgehead atoms. The Morgan fingerprint density at radius 3 is 2.00 bits per heavy atom. The van der Waals surface area contributed by atoms with Gasteiger partial charge in [0.1, 0.15) is 6.04 Å². The molecular formula is C28H38Cl2N2O2. The highest BCUT2D eigenvalue weighted by atomic mass is 35.5. The first kappa shape index (κ1) is 28.2. The molecule has 0 aliphatic carbocycles. The Morgan fingerprint density at radius 2 is 1.50 bits per heavy atom. The summed E-state index contributed by atoms with van der Waals surface area (Å²) in [6.45, 7) is 14.6. The van der Waals surface area contributed by atoms with Gasteiger partial charge >= 0.3 is 0 Å². The molecule has 1 unspecified atom stereocenters. The first-order chi connectivity index (χ1) is 15.7. The zero-order chi connectivity index (χ0) is 25.7. The molecule has 2 rings (SSSR count). The molecule has 34 heavy (non-hydrogen) atoms. The third-order valence-corrected chi connectivity index (χ3v) is 6.41. The van der Waals surface area contributed by atoms with Crippen molar-refractivity contribution >= 4 is 35.0 Å². The van der Waals surface area contributed by atoms with Gasteiger partial charge in [0.15, 0.2) is 0 Å². The molecule has 0 aromatic heterocycles. The van der Waals surface area contributed by atoms with E-state index in [-0.39, 0.29) is 23.8 Å². The van der Waals surface area contributed by atoms with Crippen molar-refractivity contribution in [3.63, 3.8) is 0 Å². The Labute approximate surface area is 215 Å². The lowest BCUT2D eigenvalue weighted by Crippen LogP contribution is -2.53. The number of hydrogen-bond acceptors (Lipinski definition) is 2. The molecule has 0 spiro atoms. The maximum absolute atomic E-state index is 13.5. The summed E-state index contributed by atoms with van der Waals surface area (Å²) in [6, 6.07) is 13.1. The zero-order valence-corrected chi connectivity index (χ0v) is 23.0. The molecule has 1 atom stereocenters. The van der Waals surface area contributed by atoms with E-state index in [1.165, 1.54) is 5.56 Å². The number of nitrogens with one attached hydrogen (secondary N) is 1. The number of carbonyl (C=O) groups is 2. The minimum atomic E-state index is -0.579. The second-order valence-corrected chi connectivity index (χ2v) is 11.7. The Hall–Kier alpha value is -2.04. The summed E-state index contributed by atoms with van der Waals surface area (Å²) in [7, 11) is 0. The van der Waals surface area contributed by atoms with Crippen LogP contribution in [0.5, 0.6) is 0 Å². The van der Waals surface area contributed by atoms with Crippen LogP contribution < -0.4 is 5.32 Å². The van der Waals surface area contributed by atoms with Crippen molar-refractivity contribution in [2.75, 3.05) is 0 Å². The second kappa shape index (κ2) is 11.6. The molecule has 2 amide bonds. The van der Waals surface area contributed by atoms with Crippen LogP contribution in [0.15, 0.2) is 42.5 Å². The summed E-state index contributed by atoms with van der Waals surface area (Å²) in [6.07, 6.45) is 1.43. The van der Waals surface area contributed by atoms with E-state index in [4.69, 9.17) is 23.2 Å². The summed E-state index contributed by atoms with van der Waals surface area (Å²) in [4.78, 5) is 28.2. The number of hydrogen-bond donors (Lipinski definition) is 1. The van der Waals surface area contributed by atoms with Crippen molar-refractivity contribution in [1.29, 1.82) is 0 Å². The van der Waals surface area contributed by atoms with Crippen molar-refractivity contribution in [3.05, 3.63) is 69.2 Å². The third kappa shape index (κ3) is 8.32. The van der Waals surface area contributed by atoms with Gasteiger partial charge in [0.2, 0.25) is 11.8 Å². The molecule has 0 saturated carbocycles. The summed E-state index contributed by atoms with van der Waals surface area (Å²) in [5, 5.41) is 3.91. The standard InChI is InChI=1S/C28H38Cl2N2O2/c1-8-24(26(34)31-28(5,6)7)32(18-20-11-15-22(29)23(30)17-20)25(33)16-12-19-9-13-21(14-10-19)27(2,3)4/h9-11,13-15,17,24H,8,12,16,18H2,1-7H3,(H,31,34). The van der Waals surface area contributed by atoms with E-state index in [1.54, 1.807) is 17.0 Å². The number of halogens is 2. The minimum Gasteiger partial charge on any atom is -0.350 e. The fourth-order valence-corrected chi connectivity index (χ4v) is 4.09. The van der Waals surface area contributed by atoms with Gasteiger partial charge in [-0.3, -0.25) is 9.59 Å². The highest BCUT2D eigenvalue weighted by Gasteiger charge is 2.30. The Morgan fingerprint density at radius 1 is 0.912 bits per heavy atom. The van der Waals surface area contributed by atoms with E-state index in [9.17, 15) is 9.59 Å². The number of aryl methyl sites for hydroxylation is 1. The lowest BCUT2D eigenvalue weighted by Gasteiger charge is -2.33. The molecule has 2 aromatic carbocycles. The van der Waals surface area contributed by atoms with Gasteiger partial charge in [0.05, 0.1) is 10.0 Å². The number of nitrogens with zero attached hydrogens (tertiary/aromatic N) is 1. The van der Waals surface area contributed by atoms with Crippen molar-refractivity contribution < 1.29 is 9.59 Å². The second-order valence-electron chi connectivity index (χ2n) is 10.9. The third-order valence-electron chi connectivity index (χ3n) is 5.67. The highest BCUT2D eigenvalue weighted by molar-refractivity contribution is 6.42. The van der Waals surface area contributed by atoms with Gasteiger partial charge in [-0.2, -0.15) is 0 Å². The normalized spacial score (nSPS) is 12.9. The molecule has 6 heteroatoms. The van der Waals surface area contributed by atoms with Gasteiger partial charge in [0, 0.05) is 18.5 Å². The molecule has 186 valence electrons. The highest BCUT2D eigenvalue weighted by Crippen LogP contribution is 2.25. The lowest BCUT2D eigenvalue weighted by molar-refractivity contribution is -0.142. The van der Waals surface area contributed by atoms with E-state index in [1.807, 2.05) is 33.8 Å². The van der Waals surface area contributed by atoms with Crippen LogP contribution in [0, 0.1) is 0 Å². The van der Waals surface area contributed by atoms with Gasteiger partial charge in [-0.05, 0) is 67.9 Å². The van der Waals surface area contributed by atoms with E-state index >= 15 is 0 Å². The maximum Gasteiger partial charge on any atom is 0.243 e. The van der Waals surface area contributed by atoms with Crippen molar-refractivity contribution in [2.24, 2.45) is 0 Å². The van der Waals surface area contributed by atoms with E-state index in [0.717, 1.165) is 11.1 Å². The predicted molar refractivity (Wildman–Crippen MR) is 142 cm³/mol. The molecular weight excluding hydrogens is 467 g/mol. The molecule has 4 nitrogen and oxygen atoms in total. The van der Waals surface area contributed by atoms with Gasteiger partial charge in [-0.15, -0.1) is 0 Å². The van der Waals surface area contributed by atoms with Crippen molar-refractivity contribution in [2.45, 2.75) is 91.3 Å². The minimum absolute atomic E-state index is 0.0677. The number of rotatable bonds is 8. The summed E-state index contributed by atoms with van der Waals surface area (Å²) in [5.74, 6) is -0.222. The molecule has 0 radical (unpaired) electrons. The molecule has 0 aliphatic heterocycles. The van der Waals surface area contributed by atoms with Crippen LogP contribution in [0.25, 0.3) is 0 Å². The number of carbonyl (C=O) groups excluding carboxylic acids is 2. The predicted octanol–water partition coefficient (Wildman–Crippen LogP) is 6.95. The SMILES string of the molecule is CCC(C(=O)NC(C)(C)C)N(Cc1ccc(Cl)c(Cl)c1)C(=O)CCc1ccc(C(C)(C)C)cc1. The quantitative estimate of drug-likeness (QED) is 0.422. The maximum atomic E-state index is 13.5. The van der Waals surface area contributed by atoms with Crippen molar-refractivity contribution in [1.82, 2.24) is 10.2 Å². The topological polar surface area (TPSA) is 49.4 Å². The molecule has 0 fully saturated rings. The van der Waals surface area contributed by atoms with E-state index < -0.39 is 11.6 Å². The average molecular weight is 506 g/mol. The van der Waals surface area contributed by atoms with Crippen LogP contribution in [0.4, 0.5) is 0 Å². The molecule has 0 aliphatic rings. The Kier molecular flexibility index (Phi) is 9.62. The zero-order valence-electron chi connectivity index (χ0n) is 21.5. The fraction of sp³-hybridized carbons (Fsp3) is 0.500. The van der Waals surface area contributed by atoms with Crippen molar-refractivity contribution in [3.8, 4) is 0 Å². The van der Waals surface area contributed by atoms with Crippen LogP contribution in [0.3, 0.4) is 0 Å². The Balaban J connectivity index is 2.24. The largest absolute Gasteiger partial charge is 0.350 e. The number of amides is 2. The summed E-state index contributed by atoms with van der Waals surface area (Å²) < 4.78 is 0. The average Bonchev–Trinajstić information content (AvgIpc) is 2.72. The molecule has 2 aromatic rings. The van der Waals surface area contributed by atoms with E-state index in [0.29, 0.717) is 29.3 Å². The number of benzene rings is 2. The monoisotopic (exact) mass is 504 g/mol. The summed E-state index contributed by atoms with van der Waals surface area (Å²) >= 11 is 12.3. The Bertz CT molecular complexity index is 989. The van der Waals surface area contributed by atoms with E-state index in [2.05, 4.69) is 50.4 Å². The lowest BCUT2D eigenvalue weighted by atomic mass is 9.86. The summed E-state index contributed by atoms with van der Waals surface area (Å²) in [5.41, 5.74) is 2.88. The van der Waals surface area contributed by atoms with Gasteiger partial charge in [0.25, 0.3) is 0 Å². The first-order valence-electron chi connectivity index (χ1n) is 11.9. The van der Waals surface area contributed by atoms with Crippen LogP contribution in [0.1, 0.15) is 78.0 Å². The van der Waals surface area contributed by atoms with Crippen LogP contribution in [0.2, 0.25) is 10.0 Å². The van der Waals surface area contributed by atoms with Gasteiger partial charge in [-0.1, -0.05) is 81.2 Å². The van der Waals surface area contributed by atoms with Crippen LogP contribution >= 0.6 is 23.2 Å². The van der Waals surface area contributed by atoms with Crippen LogP contribution in [-0.2, 0) is 28.0 Å². The molecule has 1 N–H and O–H groups in total. The van der Waals surface area contributed by atoms with Gasteiger partial charge in [-0.25, -0.2) is 0 Å². The van der Waals surface area contributed by atoms with Crippen LogP contribution in [-0.4, -0.2) is 28.3 Å². The van der Waals surface area contributed by atoms with Gasteiger partial charge < -0.3 is 10.2 Å². The molecule has 0 heterocycles.